The number of benzene rings is 2. The average Bonchev–Trinajstić information content (AvgIpc) is 3.16. The number of rotatable bonds is 6. The highest BCUT2D eigenvalue weighted by atomic mass is 16.5. The van der Waals surface area contributed by atoms with Crippen LogP contribution in [0.15, 0.2) is 48.5 Å². The number of methoxy groups -OCH3 is 1. The third kappa shape index (κ3) is 4.04. The zero-order valence-corrected chi connectivity index (χ0v) is 14.9. The molecule has 1 heterocycles. The van der Waals surface area contributed by atoms with Crippen molar-refractivity contribution >= 4 is 11.9 Å². The van der Waals surface area contributed by atoms with Gasteiger partial charge in [0.25, 0.3) is 0 Å². The summed E-state index contributed by atoms with van der Waals surface area (Å²) in [6.07, 6.45) is 3.03. The lowest BCUT2D eigenvalue weighted by molar-refractivity contribution is -0.132. The molecule has 0 radical (unpaired) electrons. The maximum Gasteiger partial charge on any atom is 0.335 e. The molecule has 1 atom stereocenters. The van der Waals surface area contributed by atoms with Gasteiger partial charge in [0.15, 0.2) is 0 Å². The molecule has 136 valence electrons. The second-order valence-corrected chi connectivity index (χ2v) is 6.52. The molecule has 0 saturated carbocycles. The summed E-state index contributed by atoms with van der Waals surface area (Å²) in [7, 11) is 1.64. The second-order valence-electron chi connectivity index (χ2n) is 6.52. The molecule has 0 bridgehead atoms. The molecule has 1 fully saturated rings. The molecule has 5 nitrogen and oxygen atoms in total. The molecule has 0 aliphatic carbocycles. The first-order valence-corrected chi connectivity index (χ1v) is 8.84. The average molecular weight is 353 g/mol. The Morgan fingerprint density at radius 3 is 2.42 bits per heavy atom. The second kappa shape index (κ2) is 8.04. The van der Waals surface area contributed by atoms with Crippen LogP contribution in [0.3, 0.4) is 0 Å². The van der Waals surface area contributed by atoms with Gasteiger partial charge in [-0.25, -0.2) is 4.79 Å². The largest absolute Gasteiger partial charge is 0.497 e. The van der Waals surface area contributed by atoms with E-state index in [1.807, 2.05) is 29.2 Å². The van der Waals surface area contributed by atoms with Crippen LogP contribution in [0.25, 0.3) is 0 Å². The minimum atomic E-state index is -0.938. The normalized spacial score (nSPS) is 16.5. The Morgan fingerprint density at radius 1 is 1.12 bits per heavy atom. The summed E-state index contributed by atoms with van der Waals surface area (Å²) < 4.78 is 5.20. The maximum atomic E-state index is 12.7. The van der Waals surface area contributed by atoms with E-state index in [0.29, 0.717) is 12.8 Å². The van der Waals surface area contributed by atoms with Crippen LogP contribution in [0.2, 0.25) is 0 Å². The van der Waals surface area contributed by atoms with Gasteiger partial charge in [0.05, 0.1) is 18.7 Å². The zero-order valence-electron chi connectivity index (χ0n) is 14.9. The van der Waals surface area contributed by atoms with Crippen LogP contribution >= 0.6 is 0 Å². The lowest BCUT2D eigenvalue weighted by Crippen LogP contribution is -2.30. The standard InChI is InChI=1S/C21H23NO4/c1-26-18-11-9-16(10-12-18)19-3-2-14-22(19)20(23)13-6-15-4-7-17(8-5-15)21(24)25/h4-5,7-12,19H,2-3,6,13-14H2,1H3,(H,24,25)/t19-/m1/s1. The number of carbonyl (C=O) groups excluding carboxylic acids is 1. The summed E-state index contributed by atoms with van der Waals surface area (Å²) in [4.78, 5) is 25.6. The third-order valence-electron chi connectivity index (χ3n) is 4.90. The fourth-order valence-corrected chi connectivity index (χ4v) is 3.45. The van der Waals surface area contributed by atoms with Crippen molar-refractivity contribution in [3.05, 3.63) is 65.2 Å². The molecule has 0 spiro atoms. The van der Waals surface area contributed by atoms with E-state index < -0.39 is 5.97 Å². The SMILES string of the molecule is COc1ccc([C@H]2CCCN2C(=O)CCc2ccc(C(=O)O)cc2)cc1. The van der Waals surface area contributed by atoms with E-state index in [-0.39, 0.29) is 17.5 Å². The Balaban J connectivity index is 1.61. The molecule has 1 aliphatic heterocycles. The number of carbonyl (C=O) groups is 2. The van der Waals surface area contributed by atoms with Gasteiger partial charge in [0, 0.05) is 13.0 Å². The van der Waals surface area contributed by atoms with Gasteiger partial charge in [-0.3, -0.25) is 4.79 Å². The first-order chi connectivity index (χ1) is 12.6. The van der Waals surface area contributed by atoms with Crippen LogP contribution in [0.1, 0.15) is 46.8 Å². The van der Waals surface area contributed by atoms with Gasteiger partial charge in [-0.15, -0.1) is 0 Å². The number of hydrogen-bond donors (Lipinski definition) is 1. The topological polar surface area (TPSA) is 66.8 Å². The van der Waals surface area contributed by atoms with Crippen molar-refractivity contribution in [2.24, 2.45) is 0 Å². The number of aryl methyl sites for hydroxylation is 1. The number of carboxylic acid groups (broad SMARTS) is 1. The van der Waals surface area contributed by atoms with Crippen molar-refractivity contribution in [1.29, 1.82) is 0 Å². The molecule has 1 aliphatic rings. The summed E-state index contributed by atoms with van der Waals surface area (Å²) in [5.41, 5.74) is 2.38. The minimum Gasteiger partial charge on any atom is -0.497 e. The predicted octanol–water partition coefficient (Wildman–Crippen LogP) is 3.69. The molecule has 5 heteroatoms. The predicted molar refractivity (Wildman–Crippen MR) is 98.4 cm³/mol. The fraction of sp³-hybridized carbons (Fsp3) is 0.333. The monoisotopic (exact) mass is 353 g/mol. The Morgan fingerprint density at radius 2 is 1.81 bits per heavy atom. The van der Waals surface area contributed by atoms with Crippen LogP contribution in [-0.2, 0) is 11.2 Å². The van der Waals surface area contributed by atoms with Crippen LogP contribution in [0.5, 0.6) is 5.75 Å². The summed E-state index contributed by atoms with van der Waals surface area (Å²) in [6, 6.07) is 14.8. The summed E-state index contributed by atoms with van der Waals surface area (Å²) in [5.74, 6) is 0.0205. The molecule has 1 saturated heterocycles. The molecule has 1 N–H and O–H groups in total. The number of likely N-dealkylation sites (tertiary alicyclic amines) is 1. The lowest BCUT2D eigenvalue weighted by Gasteiger charge is -2.25. The fourth-order valence-electron chi connectivity index (χ4n) is 3.45. The molecule has 3 rings (SSSR count). The zero-order chi connectivity index (χ0) is 18.5. The molecule has 1 amide bonds. The van der Waals surface area contributed by atoms with E-state index in [1.54, 1.807) is 31.4 Å². The third-order valence-corrected chi connectivity index (χ3v) is 4.90. The number of ether oxygens (including phenoxy) is 1. The van der Waals surface area contributed by atoms with Crippen molar-refractivity contribution in [2.45, 2.75) is 31.7 Å². The molecule has 0 aromatic heterocycles. The molecule has 0 unspecified atom stereocenters. The van der Waals surface area contributed by atoms with Crippen LogP contribution in [0, 0.1) is 0 Å². The quantitative estimate of drug-likeness (QED) is 0.860. The van der Waals surface area contributed by atoms with Gasteiger partial charge < -0.3 is 14.7 Å². The van der Waals surface area contributed by atoms with Crippen LogP contribution in [-0.4, -0.2) is 35.5 Å². The molecule has 2 aromatic rings. The Bertz CT molecular complexity index is 768. The number of amides is 1. The number of hydrogen-bond acceptors (Lipinski definition) is 3. The van der Waals surface area contributed by atoms with E-state index in [9.17, 15) is 9.59 Å². The number of nitrogens with zero attached hydrogens (tertiary/aromatic N) is 1. The number of carboxylic acids is 1. The highest BCUT2D eigenvalue weighted by Crippen LogP contribution is 2.33. The smallest absolute Gasteiger partial charge is 0.335 e. The first-order valence-electron chi connectivity index (χ1n) is 8.84. The van der Waals surface area contributed by atoms with Crippen molar-refractivity contribution in [1.82, 2.24) is 4.90 Å². The van der Waals surface area contributed by atoms with Gasteiger partial charge >= 0.3 is 5.97 Å². The van der Waals surface area contributed by atoms with Crippen molar-refractivity contribution < 1.29 is 19.4 Å². The van der Waals surface area contributed by atoms with Gasteiger partial charge in [-0.1, -0.05) is 24.3 Å². The summed E-state index contributed by atoms with van der Waals surface area (Å²) in [6.45, 7) is 0.785. The van der Waals surface area contributed by atoms with Crippen LogP contribution < -0.4 is 4.74 Å². The van der Waals surface area contributed by atoms with Gasteiger partial charge in [0.2, 0.25) is 5.91 Å². The van der Waals surface area contributed by atoms with E-state index in [1.165, 1.54) is 0 Å². The van der Waals surface area contributed by atoms with Crippen molar-refractivity contribution in [3.63, 3.8) is 0 Å². The van der Waals surface area contributed by atoms with E-state index in [2.05, 4.69) is 0 Å². The highest BCUT2D eigenvalue weighted by molar-refractivity contribution is 5.87. The van der Waals surface area contributed by atoms with E-state index in [4.69, 9.17) is 9.84 Å². The minimum absolute atomic E-state index is 0.128. The highest BCUT2D eigenvalue weighted by Gasteiger charge is 2.29. The van der Waals surface area contributed by atoms with Crippen molar-refractivity contribution in [2.75, 3.05) is 13.7 Å². The first kappa shape index (κ1) is 18.0. The Kier molecular flexibility index (Phi) is 5.56. The van der Waals surface area contributed by atoms with Crippen molar-refractivity contribution in [3.8, 4) is 5.75 Å². The van der Waals surface area contributed by atoms with Crippen LogP contribution in [0.4, 0.5) is 0 Å². The van der Waals surface area contributed by atoms with Gasteiger partial charge in [0.1, 0.15) is 5.75 Å². The summed E-state index contributed by atoms with van der Waals surface area (Å²) in [5, 5.41) is 8.94. The molecular formula is C21H23NO4. The van der Waals surface area contributed by atoms with E-state index >= 15 is 0 Å². The summed E-state index contributed by atoms with van der Waals surface area (Å²) >= 11 is 0. The lowest BCUT2D eigenvalue weighted by atomic mass is 10.0. The van der Waals surface area contributed by atoms with E-state index in [0.717, 1.165) is 36.3 Å². The van der Waals surface area contributed by atoms with Gasteiger partial charge in [-0.2, -0.15) is 0 Å². The number of aromatic carboxylic acids is 1. The molecular weight excluding hydrogens is 330 g/mol. The Labute approximate surface area is 153 Å². The molecule has 2 aromatic carbocycles. The van der Waals surface area contributed by atoms with Gasteiger partial charge in [-0.05, 0) is 54.7 Å². The maximum absolute atomic E-state index is 12.7. The molecule has 26 heavy (non-hydrogen) atoms. The Hall–Kier alpha value is -2.82.